The van der Waals surface area contributed by atoms with Gasteiger partial charge in [-0.3, -0.25) is 9.48 Å². The molecule has 1 saturated heterocycles. The van der Waals surface area contributed by atoms with Crippen LogP contribution in [-0.4, -0.2) is 45.3 Å². The molecule has 2 aliphatic heterocycles. The van der Waals surface area contributed by atoms with Crippen molar-refractivity contribution in [1.82, 2.24) is 19.7 Å². The maximum atomic E-state index is 13.1. The number of halogens is 1. The number of hydrogen-bond acceptors (Lipinski definition) is 5. The average Bonchev–Trinajstić information content (AvgIpc) is 3.42. The van der Waals surface area contributed by atoms with E-state index in [2.05, 4.69) is 15.0 Å². The highest BCUT2D eigenvalue weighted by Gasteiger charge is 2.40. The minimum Gasteiger partial charge on any atom is -0.343 e. The molecular weight excluding hydrogens is 383 g/mol. The Morgan fingerprint density at radius 1 is 1.13 bits per heavy atom. The van der Waals surface area contributed by atoms with Crippen LogP contribution in [0.2, 0.25) is 0 Å². The molecule has 2 aliphatic rings. The first-order chi connectivity index (χ1) is 14.6. The number of likely N-dealkylation sites (N-methyl/N-ethyl adjacent to an activating group) is 1. The summed E-state index contributed by atoms with van der Waals surface area (Å²) in [7, 11) is 1.80. The van der Waals surface area contributed by atoms with Crippen LogP contribution in [0.3, 0.4) is 0 Å². The summed E-state index contributed by atoms with van der Waals surface area (Å²) in [5, 5.41) is 4.41. The van der Waals surface area contributed by atoms with Crippen molar-refractivity contribution in [3.63, 3.8) is 0 Å². The smallest absolute Gasteiger partial charge is 0.249 e. The van der Waals surface area contributed by atoms with Gasteiger partial charge in [-0.25, -0.2) is 14.4 Å². The topological polar surface area (TPSA) is 67.2 Å². The molecule has 4 heterocycles. The van der Waals surface area contributed by atoms with Crippen LogP contribution in [0.5, 0.6) is 0 Å². The van der Waals surface area contributed by atoms with Gasteiger partial charge >= 0.3 is 0 Å². The van der Waals surface area contributed by atoms with Gasteiger partial charge in [0.05, 0.1) is 18.9 Å². The van der Waals surface area contributed by atoms with E-state index in [4.69, 9.17) is 4.98 Å². The van der Waals surface area contributed by atoms with E-state index < -0.39 is 0 Å². The van der Waals surface area contributed by atoms with Gasteiger partial charge in [0, 0.05) is 26.2 Å². The highest BCUT2D eigenvalue weighted by Crippen LogP contribution is 2.37. The zero-order chi connectivity index (χ0) is 20.7. The Labute approximate surface area is 174 Å². The van der Waals surface area contributed by atoms with E-state index in [1.165, 1.54) is 12.1 Å². The van der Waals surface area contributed by atoms with Crippen molar-refractivity contribution in [2.45, 2.75) is 38.3 Å². The number of hydrogen-bond donors (Lipinski definition) is 0. The predicted octanol–water partition coefficient (Wildman–Crippen LogP) is 2.59. The summed E-state index contributed by atoms with van der Waals surface area (Å²) in [6.07, 6.45) is 9.00. The number of aryl methyl sites for hydroxylation is 2. The number of aromatic nitrogens is 4. The van der Waals surface area contributed by atoms with Gasteiger partial charge in [0.1, 0.15) is 23.4 Å². The number of rotatable bonds is 5. The maximum Gasteiger partial charge on any atom is 0.249 e. The van der Waals surface area contributed by atoms with Crippen LogP contribution in [-0.2, 0) is 24.2 Å². The average molecular weight is 406 g/mol. The maximum absolute atomic E-state index is 13.1. The van der Waals surface area contributed by atoms with E-state index in [9.17, 15) is 9.18 Å². The van der Waals surface area contributed by atoms with Crippen LogP contribution in [0.15, 0.2) is 42.9 Å². The van der Waals surface area contributed by atoms with Crippen molar-refractivity contribution < 1.29 is 9.18 Å². The summed E-state index contributed by atoms with van der Waals surface area (Å²) < 4.78 is 14.9. The van der Waals surface area contributed by atoms with Crippen molar-refractivity contribution in [1.29, 1.82) is 0 Å². The first-order valence-corrected chi connectivity index (χ1v) is 10.2. The first kappa shape index (κ1) is 18.7. The van der Waals surface area contributed by atoms with Crippen molar-refractivity contribution in [3.8, 4) is 0 Å². The minimum absolute atomic E-state index is 0.0880. The fourth-order valence-electron chi connectivity index (χ4n) is 4.24. The Morgan fingerprint density at radius 2 is 1.97 bits per heavy atom. The molecule has 5 rings (SSSR count). The summed E-state index contributed by atoms with van der Waals surface area (Å²) in [4.78, 5) is 25.6. The molecule has 1 atom stereocenters. The van der Waals surface area contributed by atoms with Crippen molar-refractivity contribution in [3.05, 3.63) is 65.6 Å². The number of carbonyl (C=O) groups excluding carboxylic acids is 1. The molecular formula is C22H23FN6O. The quantitative estimate of drug-likeness (QED) is 0.652. The minimum atomic E-state index is -0.235. The standard InChI is InChI=1S/C22H23FN6O/c1-27-19-12-24-20(26-21(19)29-10-2-3-18(29)22(27)30)9-6-16-11-25-28(14-16)13-15-4-7-17(23)8-5-15/h4-5,7-8,11-12,14,18H,2-3,6,9-10,13H2,1H3/t18-/m0/s1. The first-order valence-electron chi connectivity index (χ1n) is 10.2. The number of amides is 1. The highest BCUT2D eigenvalue weighted by atomic mass is 19.1. The van der Waals surface area contributed by atoms with Crippen molar-refractivity contribution in [2.75, 3.05) is 23.4 Å². The molecule has 0 spiro atoms. The lowest BCUT2D eigenvalue weighted by Crippen LogP contribution is -2.49. The summed E-state index contributed by atoms with van der Waals surface area (Å²) in [5.74, 6) is 1.54. The Hall–Kier alpha value is -3.29. The Kier molecular flexibility index (Phi) is 4.69. The lowest BCUT2D eigenvalue weighted by molar-refractivity contribution is -0.119. The molecule has 0 N–H and O–H groups in total. The SMILES string of the molecule is CN1C(=O)[C@@H]2CCCN2c2nc(CCc3cnn(Cc4ccc(F)cc4)c3)ncc21. The molecule has 0 bridgehead atoms. The molecule has 0 aliphatic carbocycles. The Bertz CT molecular complexity index is 1080. The Morgan fingerprint density at radius 3 is 2.80 bits per heavy atom. The van der Waals surface area contributed by atoms with Crippen LogP contribution in [0, 0.1) is 5.82 Å². The van der Waals surface area contributed by atoms with Crippen molar-refractivity contribution >= 4 is 17.4 Å². The van der Waals surface area contributed by atoms with Gasteiger partial charge in [0.15, 0.2) is 5.82 Å². The molecule has 0 unspecified atom stereocenters. The molecule has 1 amide bonds. The predicted molar refractivity (Wildman–Crippen MR) is 111 cm³/mol. The van der Waals surface area contributed by atoms with Crippen LogP contribution in [0.1, 0.15) is 29.8 Å². The van der Waals surface area contributed by atoms with Gasteiger partial charge in [-0.2, -0.15) is 5.10 Å². The van der Waals surface area contributed by atoms with Crippen LogP contribution >= 0.6 is 0 Å². The fourth-order valence-corrected chi connectivity index (χ4v) is 4.24. The number of anilines is 2. The number of nitrogens with zero attached hydrogens (tertiary/aromatic N) is 6. The van der Waals surface area contributed by atoms with Crippen LogP contribution in [0.4, 0.5) is 15.9 Å². The highest BCUT2D eigenvalue weighted by molar-refractivity contribution is 6.04. The lowest BCUT2D eigenvalue weighted by atomic mass is 10.1. The lowest BCUT2D eigenvalue weighted by Gasteiger charge is -2.36. The summed E-state index contributed by atoms with van der Waals surface area (Å²) in [5.41, 5.74) is 2.89. The van der Waals surface area contributed by atoms with Gasteiger partial charge < -0.3 is 9.80 Å². The Balaban J connectivity index is 1.27. The van der Waals surface area contributed by atoms with E-state index in [-0.39, 0.29) is 17.8 Å². The molecule has 7 nitrogen and oxygen atoms in total. The number of fused-ring (bicyclic) bond motifs is 3. The molecule has 154 valence electrons. The molecule has 8 heteroatoms. The van der Waals surface area contributed by atoms with Gasteiger partial charge in [0.2, 0.25) is 5.91 Å². The van der Waals surface area contributed by atoms with Gasteiger partial charge in [-0.1, -0.05) is 12.1 Å². The van der Waals surface area contributed by atoms with E-state index in [1.807, 2.05) is 17.1 Å². The third kappa shape index (κ3) is 3.42. The summed E-state index contributed by atoms with van der Waals surface area (Å²) >= 11 is 0. The van der Waals surface area contributed by atoms with E-state index in [0.717, 1.165) is 54.3 Å². The largest absolute Gasteiger partial charge is 0.343 e. The second kappa shape index (κ2) is 7.51. The van der Waals surface area contributed by atoms with Crippen molar-refractivity contribution in [2.24, 2.45) is 0 Å². The second-order valence-electron chi connectivity index (χ2n) is 7.92. The molecule has 30 heavy (non-hydrogen) atoms. The van der Waals surface area contributed by atoms with E-state index >= 15 is 0 Å². The molecule has 1 fully saturated rings. The molecule has 0 saturated carbocycles. The van der Waals surface area contributed by atoms with Crippen LogP contribution in [0.25, 0.3) is 0 Å². The fraction of sp³-hybridized carbons (Fsp3) is 0.364. The van der Waals surface area contributed by atoms with Crippen LogP contribution < -0.4 is 9.80 Å². The zero-order valence-electron chi connectivity index (χ0n) is 16.8. The second-order valence-corrected chi connectivity index (χ2v) is 7.92. The molecule has 1 aromatic carbocycles. The monoisotopic (exact) mass is 406 g/mol. The van der Waals surface area contributed by atoms with E-state index in [1.54, 1.807) is 30.3 Å². The summed E-state index contributed by atoms with van der Waals surface area (Å²) in [6, 6.07) is 6.37. The number of benzene rings is 1. The summed E-state index contributed by atoms with van der Waals surface area (Å²) in [6.45, 7) is 1.47. The third-order valence-corrected chi connectivity index (χ3v) is 5.88. The number of carbonyl (C=O) groups is 1. The third-order valence-electron chi connectivity index (χ3n) is 5.88. The van der Waals surface area contributed by atoms with Gasteiger partial charge in [-0.15, -0.1) is 0 Å². The molecule has 2 aromatic heterocycles. The normalized spacial score (nSPS) is 17.9. The van der Waals surface area contributed by atoms with Gasteiger partial charge in [-0.05, 0) is 42.5 Å². The molecule has 3 aromatic rings. The zero-order valence-corrected chi connectivity index (χ0v) is 16.8. The van der Waals surface area contributed by atoms with Gasteiger partial charge in [0.25, 0.3) is 0 Å². The van der Waals surface area contributed by atoms with E-state index in [0.29, 0.717) is 13.0 Å². The molecule has 0 radical (unpaired) electrons.